The minimum absolute atomic E-state index is 0.116. The molecule has 4 N–H and O–H groups in total. The van der Waals surface area contributed by atoms with E-state index in [1.54, 1.807) is 12.4 Å². The smallest absolute Gasteiger partial charge is 0.295 e. The van der Waals surface area contributed by atoms with Gasteiger partial charge in [-0.25, -0.2) is 15.1 Å². The van der Waals surface area contributed by atoms with Crippen LogP contribution in [0.1, 0.15) is 11.1 Å². The van der Waals surface area contributed by atoms with E-state index in [1.165, 1.54) is 13.0 Å². The molecule has 10 nitrogen and oxygen atoms in total. The molecular weight excluding hydrogens is 373 g/mol. The Morgan fingerprint density at radius 2 is 1.77 bits per heavy atom. The first-order chi connectivity index (χ1) is 12.0. The van der Waals surface area contributed by atoms with Gasteiger partial charge in [-0.1, -0.05) is 6.07 Å². The summed E-state index contributed by atoms with van der Waals surface area (Å²) >= 11 is 0. The first-order valence-electron chi connectivity index (χ1n) is 6.94. The number of nitro groups is 1. The zero-order chi connectivity index (χ0) is 19.6. The monoisotopic (exact) mass is 387 g/mol. The molecule has 12 heteroatoms. The average Bonchev–Trinajstić information content (AvgIpc) is 2.51. The van der Waals surface area contributed by atoms with E-state index in [1.807, 2.05) is 0 Å². The highest BCUT2D eigenvalue weighted by molar-refractivity contribution is 7.85. The minimum atomic E-state index is -4.52. The minimum Gasteiger partial charge on any atom is -0.350 e. The standard InChI is InChI=1S/C14H14FN3O7S/c1-7-3-8(2)14(26(22,23)24)6-10(7)16-12-4-9(15)11(17-25-21)5-13(12)18(19)20/h3-6,16-17,21H,1-2H3,(H,22,23,24). The predicted octanol–water partition coefficient (Wildman–Crippen LogP) is 3.16. The zero-order valence-corrected chi connectivity index (χ0v) is 14.3. The number of rotatable bonds is 6. The van der Waals surface area contributed by atoms with Crippen molar-refractivity contribution in [2.24, 2.45) is 0 Å². The maximum absolute atomic E-state index is 14.0. The first kappa shape index (κ1) is 19.5. The molecule has 0 unspecified atom stereocenters. The topological polar surface area (TPSA) is 151 Å². The highest BCUT2D eigenvalue weighted by Gasteiger charge is 2.21. The lowest BCUT2D eigenvalue weighted by Crippen LogP contribution is -2.06. The van der Waals surface area contributed by atoms with Gasteiger partial charge in [-0.05, 0) is 31.0 Å². The summed E-state index contributed by atoms with van der Waals surface area (Å²) in [5, 5.41) is 22.1. The fourth-order valence-corrected chi connectivity index (χ4v) is 3.06. The van der Waals surface area contributed by atoms with Crippen molar-refractivity contribution in [2.75, 3.05) is 10.8 Å². The number of anilines is 3. The second kappa shape index (κ2) is 7.21. The normalized spacial score (nSPS) is 11.3. The summed E-state index contributed by atoms with van der Waals surface area (Å²) in [6.45, 7) is 3.07. The third kappa shape index (κ3) is 4.05. The lowest BCUT2D eigenvalue weighted by Gasteiger charge is -2.14. The van der Waals surface area contributed by atoms with Crippen LogP contribution in [0.2, 0.25) is 0 Å². The van der Waals surface area contributed by atoms with E-state index < -0.39 is 32.2 Å². The second-order valence-corrected chi connectivity index (χ2v) is 6.72. The molecule has 0 amide bonds. The molecule has 0 atom stereocenters. The van der Waals surface area contributed by atoms with Gasteiger partial charge < -0.3 is 5.32 Å². The molecule has 0 aliphatic heterocycles. The molecule has 0 aliphatic rings. The van der Waals surface area contributed by atoms with E-state index in [0.717, 1.165) is 18.2 Å². The molecule has 26 heavy (non-hydrogen) atoms. The fourth-order valence-electron chi connectivity index (χ4n) is 2.33. The van der Waals surface area contributed by atoms with Crippen LogP contribution in [0.4, 0.5) is 27.1 Å². The van der Waals surface area contributed by atoms with Crippen LogP contribution in [0.5, 0.6) is 0 Å². The number of hydrogen-bond donors (Lipinski definition) is 4. The molecular formula is C14H14FN3O7S. The number of nitrogens with zero attached hydrogens (tertiary/aromatic N) is 1. The summed E-state index contributed by atoms with van der Waals surface area (Å²) in [6.07, 6.45) is 0. The molecule has 0 saturated carbocycles. The Kier molecular flexibility index (Phi) is 5.41. The summed E-state index contributed by atoms with van der Waals surface area (Å²) in [6, 6.07) is 4.08. The van der Waals surface area contributed by atoms with Crippen LogP contribution in [-0.2, 0) is 15.1 Å². The van der Waals surface area contributed by atoms with Gasteiger partial charge in [0.2, 0.25) is 0 Å². The molecule has 140 valence electrons. The number of hydrogen-bond acceptors (Lipinski definition) is 8. The number of nitro benzene ring substituents is 1. The van der Waals surface area contributed by atoms with Crippen LogP contribution in [-0.4, -0.2) is 23.2 Å². The maximum Gasteiger partial charge on any atom is 0.295 e. The van der Waals surface area contributed by atoms with Crippen molar-refractivity contribution in [1.82, 2.24) is 0 Å². The van der Waals surface area contributed by atoms with E-state index in [2.05, 4.69) is 10.3 Å². The van der Waals surface area contributed by atoms with Crippen LogP contribution >= 0.6 is 0 Å². The number of nitrogens with one attached hydrogen (secondary N) is 2. The number of halogens is 1. The van der Waals surface area contributed by atoms with Crippen LogP contribution in [0.3, 0.4) is 0 Å². The van der Waals surface area contributed by atoms with Crippen molar-refractivity contribution < 1.29 is 32.5 Å². The molecule has 0 spiro atoms. The van der Waals surface area contributed by atoms with Gasteiger partial charge in [0, 0.05) is 17.8 Å². The van der Waals surface area contributed by atoms with Crippen molar-refractivity contribution in [1.29, 1.82) is 0 Å². The molecule has 0 bridgehead atoms. The molecule has 0 saturated heterocycles. The summed E-state index contributed by atoms with van der Waals surface area (Å²) in [7, 11) is -4.52. The summed E-state index contributed by atoms with van der Waals surface area (Å²) in [5.74, 6) is -0.980. The molecule has 2 aromatic carbocycles. The molecule has 2 rings (SSSR count). The van der Waals surface area contributed by atoms with Gasteiger partial charge >= 0.3 is 0 Å². The van der Waals surface area contributed by atoms with Gasteiger partial charge in [0.25, 0.3) is 15.8 Å². The maximum atomic E-state index is 14.0. The van der Waals surface area contributed by atoms with Gasteiger partial charge in [-0.3, -0.25) is 14.7 Å². The van der Waals surface area contributed by atoms with Crippen LogP contribution in [0.15, 0.2) is 29.2 Å². The van der Waals surface area contributed by atoms with E-state index >= 15 is 0 Å². The quantitative estimate of drug-likeness (QED) is 0.253. The Labute approximate surface area is 147 Å². The zero-order valence-electron chi connectivity index (χ0n) is 13.5. The third-order valence-electron chi connectivity index (χ3n) is 3.51. The third-order valence-corrected chi connectivity index (χ3v) is 4.50. The average molecular weight is 387 g/mol. The highest BCUT2D eigenvalue weighted by Crippen LogP contribution is 2.34. The molecule has 0 aliphatic carbocycles. The molecule has 0 heterocycles. The summed E-state index contributed by atoms with van der Waals surface area (Å²) in [5.41, 5.74) is 1.31. The lowest BCUT2D eigenvalue weighted by molar-refractivity contribution is -0.383. The van der Waals surface area contributed by atoms with Crippen LogP contribution < -0.4 is 10.8 Å². The van der Waals surface area contributed by atoms with Crippen molar-refractivity contribution in [3.05, 3.63) is 51.3 Å². The molecule has 0 fully saturated rings. The van der Waals surface area contributed by atoms with Crippen molar-refractivity contribution in [2.45, 2.75) is 18.7 Å². The molecule has 0 aromatic heterocycles. The van der Waals surface area contributed by atoms with Crippen LogP contribution in [0, 0.1) is 29.8 Å². The molecule has 2 aromatic rings. The SMILES string of the molecule is Cc1cc(C)c(S(=O)(=O)O)cc1Nc1cc(F)c(NOO)cc1[N+](=O)[O-]. The predicted molar refractivity (Wildman–Crippen MR) is 89.4 cm³/mol. The first-order valence-corrected chi connectivity index (χ1v) is 8.38. The van der Waals surface area contributed by atoms with Crippen LogP contribution in [0.25, 0.3) is 0 Å². The summed E-state index contributed by atoms with van der Waals surface area (Å²) in [4.78, 5) is 13.6. The van der Waals surface area contributed by atoms with E-state index in [9.17, 15) is 27.5 Å². The Bertz CT molecular complexity index is 979. The van der Waals surface area contributed by atoms with Gasteiger partial charge in [0.1, 0.15) is 11.4 Å². The fraction of sp³-hybridized carbons (Fsp3) is 0.143. The molecule has 0 radical (unpaired) electrons. The van der Waals surface area contributed by atoms with Gasteiger partial charge in [-0.15, -0.1) is 4.99 Å². The van der Waals surface area contributed by atoms with Crippen molar-refractivity contribution in [3.8, 4) is 0 Å². The number of benzene rings is 2. The largest absolute Gasteiger partial charge is 0.350 e. The Balaban J connectivity index is 2.58. The second-order valence-electron chi connectivity index (χ2n) is 5.33. The van der Waals surface area contributed by atoms with Gasteiger partial charge in [0.05, 0.1) is 9.82 Å². The summed E-state index contributed by atoms with van der Waals surface area (Å²) < 4.78 is 46.1. The van der Waals surface area contributed by atoms with E-state index in [4.69, 9.17) is 5.26 Å². The van der Waals surface area contributed by atoms with Gasteiger partial charge in [-0.2, -0.15) is 8.42 Å². The highest BCUT2D eigenvalue weighted by atomic mass is 32.2. The Morgan fingerprint density at radius 3 is 2.31 bits per heavy atom. The Hall–Kier alpha value is -2.80. The Morgan fingerprint density at radius 1 is 1.12 bits per heavy atom. The lowest BCUT2D eigenvalue weighted by atomic mass is 10.1. The van der Waals surface area contributed by atoms with E-state index in [0.29, 0.717) is 5.56 Å². The van der Waals surface area contributed by atoms with Crippen molar-refractivity contribution in [3.63, 3.8) is 0 Å². The van der Waals surface area contributed by atoms with E-state index in [-0.39, 0.29) is 21.8 Å². The number of aryl methyl sites for hydroxylation is 2. The van der Waals surface area contributed by atoms with Crippen molar-refractivity contribution >= 4 is 32.9 Å². The van der Waals surface area contributed by atoms with Gasteiger partial charge in [0.15, 0.2) is 5.82 Å².